The van der Waals surface area contributed by atoms with Crippen LogP contribution < -0.4 is 11.3 Å². The van der Waals surface area contributed by atoms with E-state index in [1.807, 2.05) is 0 Å². The molecule has 8 nitrogen and oxygen atoms in total. The Balaban J connectivity index is 1.67. The molecule has 1 aliphatic heterocycles. The summed E-state index contributed by atoms with van der Waals surface area (Å²) in [6.45, 7) is 3.42. The summed E-state index contributed by atoms with van der Waals surface area (Å²) < 4.78 is 2.07. The van der Waals surface area contributed by atoms with Gasteiger partial charge in [0.05, 0.1) is 24.6 Å². The van der Waals surface area contributed by atoms with Gasteiger partial charge in [-0.25, -0.2) is 10.8 Å². The van der Waals surface area contributed by atoms with Crippen LogP contribution in [0.15, 0.2) is 18.7 Å². The minimum Gasteiger partial charge on any atom is -0.315 e. The van der Waals surface area contributed by atoms with Gasteiger partial charge < -0.3 is 9.99 Å². The van der Waals surface area contributed by atoms with Crippen LogP contribution in [0.4, 0.5) is 5.82 Å². The average molecular weight is 246 g/mol. The van der Waals surface area contributed by atoms with Crippen molar-refractivity contribution in [1.29, 1.82) is 0 Å². The molecule has 0 atom stereocenters. The molecule has 0 aromatic carbocycles. The van der Waals surface area contributed by atoms with E-state index < -0.39 is 0 Å². The molecule has 2 aromatic rings. The molecule has 0 saturated heterocycles. The third-order valence-corrected chi connectivity index (χ3v) is 2.96. The molecule has 3 N–H and O–H groups in total. The molecule has 0 radical (unpaired) electrons. The van der Waals surface area contributed by atoms with Crippen molar-refractivity contribution in [2.24, 2.45) is 5.84 Å². The zero-order valence-corrected chi connectivity index (χ0v) is 9.82. The number of nitrogens with one attached hydrogen (secondary N) is 1. The molecule has 94 valence electrons. The van der Waals surface area contributed by atoms with E-state index in [4.69, 9.17) is 5.84 Å². The normalized spacial score (nSPS) is 15.4. The zero-order valence-electron chi connectivity index (χ0n) is 9.82. The lowest BCUT2D eigenvalue weighted by atomic mass is 10.3. The van der Waals surface area contributed by atoms with E-state index in [0.717, 1.165) is 37.7 Å². The maximum absolute atomic E-state index is 5.24. The third kappa shape index (κ3) is 2.15. The van der Waals surface area contributed by atoms with Crippen molar-refractivity contribution >= 4 is 5.82 Å². The second-order valence-corrected chi connectivity index (χ2v) is 4.19. The van der Waals surface area contributed by atoms with Crippen LogP contribution >= 0.6 is 0 Å². The van der Waals surface area contributed by atoms with Crippen LogP contribution in [-0.2, 0) is 19.6 Å². The predicted molar refractivity (Wildman–Crippen MR) is 64.0 cm³/mol. The minimum atomic E-state index is 0.567. The maximum atomic E-state index is 5.24. The number of hydrogen-bond donors (Lipinski definition) is 2. The zero-order chi connectivity index (χ0) is 12.4. The minimum absolute atomic E-state index is 0.567. The lowest BCUT2D eigenvalue weighted by Crippen LogP contribution is -2.33. The Morgan fingerprint density at radius 3 is 3.00 bits per heavy atom. The quantitative estimate of drug-likeness (QED) is 0.549. The van der Waals surface area contributed by atoms with Gasteiger partial charge in [0.2, 0.25) is 0 Å². The van der Waals surface area contributed by atoms with Crippen LogP contribution in [0.3, 0.4) is 0 Å². The van der Waals surface area contributed by atoms with E-state index in [1.165, 1.54) is 0 Å². The van der Waals surface area contributed by atoms with E-state index in [0.29, 0.717) is 5.82 Å². The van der Waals surface area contributed by atoms with E-state index in [2.05, 4.69) is 35.1 Å². The molecule has 0 spiro atoms. The Kier molecular flexibility index (Phi) is 2.87. The van der Waals surface area contributed by atoms with Crippen molar-refractivity contribution in [2.45, 2.75) is 19.6 Å². The Hall–Kier alpha value is -2.06. The Labute approximate surface area is 104 Å². The van der Waals surface area contributed by atoms with Crippen LogP contribution in [-0.4, -0.2) is 36.2 Å². The highest BCUT2D eigenvalue weighted by Crippen LogP contribution is 2.11. The molecule has 8 heteroatoms. The monoisotopic (exact) mass is 246 g/mol. The van der Waals surface area contributed by atoms with Gasteiger partial charge in [0.15, 0.2) is 5.82 Å². The fraction of sp³-hybridized carbons (Fsp3) is 0.400. The van der Waals surface area contributed by atoms with Gasteiger partial charge in [-0.1, -0.05) is 0 Å². The number of anilines is 1. The molecule has 18 heavy (non-hydrogen) atoms. The molecule has 0 aliphatic carbocycles. The molecule has 2 aromatic heterocycles. The summed E-state index contributed by atoms with van der Waals surface area (Å²) >= 11 is 0. The van der Waals surface area contributed by atoms with E-state index in [9.17, 15) is 0 Å². The van der Waals surface area contributed by atoms with Crippen LogP contribution in [0.1, 0.15) is 11.5 Å². The molecular formula is C10H14N8. The highest BCUT2D eigenvalue weighted by molar-refractivity contribution is 5.28. The molecule has 0 fully saturated rings. The van der Waals surface area contributed by atoms with E-state index in [-0.39, 0.29) is 0 Å². The number of rotatable bonds is 3. The number of nitrogen functional groups attached to an aromatic ring is 1. The summed E-state index contributed by atoms with van der Waals surface area (Å²) in [7, 11) is 0. The average Bonchev–Trinajstić information content (AvgIpc) is 2.87. The summed E-state index contributed by atoms with van der Waals surface area (Å²) in [5.41, 5.74) is 3.38. The predicted octanol–water partition coefficient (Wildman–Crippen LogP) is -0.630. The molecule has 3 heterocycles. The molecular weight excluding hydrogens is 232 g/mol. The first-order chi connectivity index (χ1) is 8.85. The van der Waals surface area contributed by atoms with E-state index in [1.54, 1.807) is 18.7 Å². The molecule has 0 unspecified atom stereocenters. The maximum Gasteiger partial charge on any atom is 0.158 e. The van der Waals surface area contributed by atoms with Crippen LogP contribution in [0.25, 0.3) is 0 Å². The first-order valence-electron chi connectivity index (χ1n) is 5.72. The van der Waals surface area contributed by atoms with Gasteiger partial charge >= 0.3 is 0 Å². The number of nitrogens with zero attached hydrogens (tertiary/aromatic N) is 6. The number of nitrogens with two attached hydrogens (primary N) is 1. The summed E-state index contributed by atoms with van der Waals surface area (Å²) in [6, 6.07) is 0. The van der Waals surface area contributed by atoms with Crippen molar-refractivity contribution in [3.63, 3.8) is 0 Å². The van der Waals surface area contributed by atoms with Crippen molar-refractivity contribution < 1.29 is 0 Å². The molecule has 0 amide bonds. The number of hydrogen-bond acceptors (Lipinski definition) is 7. The van der Waals surface area contributed by atoms with Gasteiger partial charge in [-0.3, -0.25) is 9.88 Å². The van der Waals surface area contributed by atoms with Gasteiger partial charge in [-0.15, -0.1) is 10.2 Å². The van der Waals surface area contributed by atoms with Gasteiger partial charge in [0.1, 0.15) is 12.2 Å². The Bertz CT molecular complexity index is 519. The first kappa shape index (κ1) is 11.1. The van der Waals surface area contributed by atoms with Crippen LogP contribution in [0.2, 0.25) is 0 Å². The molecule has 0 bridgehead atoms. The fourth-order valence-corrected chi connectivity index (χ4v) is 1.99. The second-order valence-electron chi connectivity index (χ2n) is 4.19. The van der Waals surface area contributed by atoms with Gasteiger partial charge in [-0.05, 0) is 0 Å². The summed E-state index contributed by atoms with van der Waals surface area (Å²) in [5.74, 6) is 6.81. The lowest BCUT2D eigenvalue weighted by molar-refractivity contribution is 0.206. The number of fused-ring (bicyclic) bond motifs is 1. The second kappa shape index (κ2) is 4.67. The Morgan fingerprint density at radius 2 is 2.22 bits per heavy atom. The van der Waals surface area contributed by atoms with Crippen molar-refractivity contribution in [3.05, 3.63) is 30.2 Å². The molecule has 1 aliphatic rings. The van der Waals surface area contributed by atoms with Crippen molar-refractivity contribution in [1.82, 2.24) is 29.6 Å². The fourth-order valence-electron chi connectivity index (χ4n) is 1.99. The number of aromatic nitrogens is 5. The van der Waals surface area contributed by atoms with Crippen LogP contribution in [0.5, 0.6) is 0 Å². The Morgan fingerprint density at radius 1 is 1.28 bits per heavy atom. The summed E-state index contributed by atoms with van der Waals surface area (Å²) in [4.78, 5) is 10.7. The smallest absolute Gasteiger partial charge is 0.158 e. The SMILES string of the molecule is NNc1cnc(CN2CCn3cnnc3C2)cn1. The van der Waals surface area contributed by atoms with E-state index >= 15 is 0 Å². The third-order valence-electron chi connectivity index (χ3n) is 2.96. The standard InChI is InChI=1S/C10H14N8/c11-15-9-4-12-8(3-13-9)5-17-1-2-18-7-14-16-10(18)6-17/h3-4,7H,1-2,5-6,11H2,(H,13,15). The molecule has 0 saturated carbocycles. The lowest BCUT2D eigenvalue weighted by Gasteiger charge is -2.26. The first-order valence-corrected chi connectivity index (χ1v) is 5.72. The van der Waals surface area contributed by atoms with Crippen molar-refractivity contribution in [2.75, 3.05) is 12.0 Å². The number of hydrazine groups is 1. The topological polar surface area (TPSA) is 97.8 Å². The van der Waals surface area contributed by atoms with Gasteiger partial charge in [-0.2, -0.15) is 0 Å². The van der Waals surface area contributed by atoms with Gasteiger partial charge in [0.25, 0.3) is 0 Å². The highest BCUT2D eigenvalue weighted by Gasteiger charge is 2.17. The molecule has 3 rings (SSSR count). The van der Waals surface area contributed by atoms with Gasteiger partial charge in [0, 0.05) is 19.6 Å². The largest absolute Gasteiger partial charge is 0.315 e. The highest BCUT2D eigenvalue weighted by atomic mass is 15.3. The summed E-state index contributed by atoms with van der Waals surface area (Å²) in [5, 5.41) is 7.99. The summed E-state index contributed by atoms with van der Waals surface area (Å²) in [6.07, 6.45) is 5.13. The van der Waals surface area contributed by atoms with Crippen LogP contribution in [0, 0.1) is 0 Å². The van der Waals surface area contributed by atoms with Crippen molar-refractivity contribution in [3.8, 4) is 0 Å².